The fourth-order valence-corrected chi connectivity index (χ4v) is 3.34. The van der Waals surface area contributed by atoms with Gasteiger partial charge in [-0.15, -0.1) is 0 Å². The lowest BCUT2D eigenvalue weighted by molar-refractivity contribution is 0.0928. The molecule has 2 N–H and O–H groups in total. The van der Waals surface area contributed by atoms with E-state index < -0.39 is 0 Å². The van der Waals surface area contributed by atoms with Gasteiger partial charge in [-0.25, -0.2) is 0 Å². The van der Waals surface area contributed by atoms with Gasteiger partial charge in [-0.3, -0.25) is 4.79 Å². The van der Waals surface area contributed by atoms with E-state index in [2.05, 4.69) is 28.5 Å². The highest BCUT2D eigenvalue weighted by atomic mass is 16.1. The van der Waals surface area contributed by atoms with E-state index in [-0.39, 0.29) is 11.9 Å². The van der Waals surface area contributed by atoms with Crippen molar-refractivity contribution in [1.29, 1.82) is 0 Å². The van der Waals surface area contributed by atoms with Crippen molar-refractivity contribution in [3.8, 4) is 0 Å². The van der Waals surface area contributed by atoms with Crippen molar-refractivity contribution in [2.24, 2.45) is 0 Å². The minimum absolute atomic E-state index is 0.0297. The van der Waals surface area contributed by atoms with Crippen molar-refractivity contribution in [1.82, 2.24) is 10.3 Å². The molecule has 0 saturated heterocycles. The highest BCUT2D eigenvalue weighted by Crippen LogP contribution is 2.29. The van der Waals surface area contributed by atoms with Gasteiger partial charge in [-0.2, -0.15) is 0 Å². The Morgan fingerprint density at radius 1 is 1.09 bits per heavy atom. The molecule has 0 radical (unpaired) electrons. The van der Waals surface area contributed by atoms with Gasteiger partial charge in [0, 0.05) is 10.9 Å². The first-order chi connectivity index (χ1) is 10.8. The van der Waals surface area contributed by atoms with E-state index in [1.54, 1.807) is 0 Å². The topological polar surface area (TPSA) is 44.9 Å². The quantitative estimate of drug-likeness (QED) is 0.737. The van der Waals surface area contributed by atoms with Gasteiger partial charge in [0.15, 0.2) is 0 Å². The number of amides is 1. The maximum Gasteiger partial charge on any atom is 0.268 e. The molecule has 1 atom stereocenters. The lowest BCUT2D eigenvalue weighted by Crippen LogP contribution is -2.31. The molecule has 2 aromatic carbocycles. The number of carbonyl (C=O) groups is 1. The molecule has 0 fully saturated rings. The summed E-state index contributed by atoms with van der Waals surface area (Å²) in [6.07, 6.45) is 3.23. The van der Waals surface area contributed by atoms with Crippen LogP contribution in [0.15, 0.2) is 54.6 Å². The number of aryl methyl sites for hydroxylation is 1. The summed E-state index contributed by atoms with van der Waals surface area (Å²) in [6, 6.07) is 18.4. The van der Waals surface area contributed by atoms with Crippen LogP contribution < -0.4 is 5.32 Å². The molecule has 0 unspecified atom stereocenters. The van der Waals surface area contributed by atoms with Crippen LogP contribution in [-0.4, -0.2) is 10.9 Å². The van der Waals surface area contributed by atoms with Crippen LogP contribution in [0.5, 0.6) is 0 Å². The largest absolute Gasteiger partial charge is 0.351 e. The summed E-state index contributed by atoms with van der Waals surface area (Å²) in [6.45, 7) is 0. The molecule has 3 nitrogen and oxygen atoms in total. The molecule has 3 aromatic rings. The molecule has 1 aliphatic rings. The van der Waals surface area contributed by atoms with Crippen LogP contribution in [0.3, 0.4) is 0 Å². The second-order valence-corrected chi connectivity index (χ2v) is 5.89. The molecule has 0 bridgehead atoms. The Labute approximate surface area is 129 Å². The number of hydrogen-bond donors (Lipinski definition) is 2. The number of nitrogens with one attached hydrogen (secondary N) is 2. The monoisotopic (exact) mass is 290 g/mol. The Bertz CT molecular complexity index is 801. The Kier molecular flexibility index (Phi) is 3.19. The van der Waals surface area contributed by atoms with Crippen LogP contribution in [0, 0.1) is 0 Å². The first-order valence-electron chi connectivity index (χ1n) is 7.78. The van der Waals surface area contributed by atoms with Crippen LogP contribution in [-0.2, 0) is 6.42 Å². The molecule has 0 aliphatic heterocycles. The zero-order valence-electron chi connectivity index (χ0n) is 12.3. The molecule has 1 aliphatic carbocycles. The molecule has 1 amide bonds. The summed E-state index contributed by atoms with van der Waals surface area (Å²) in [5, 5.41) is 4.25. The number of benzene rings is 2. The molecule has 0 spiro atoms. The van der Waals surface area contributed by atoms with E-state index in [9.17, 15) is 4.79 Å². The standard InChI is InChI=1S/C19H18N2O/c22-19(18-12-14-7-2-4-10-16(14)20-18)21-17-11-5-8-13-6-1-3-9-15(13)17/h1-4,6-7,9-10,12,17,20H,5,8,11H2,(H,21,22)/t17-/m1/s1. The van der Waals surface area contributed by atoms with E-state index >= 15 is 0 Å². The number of para-hydroxylation sites is 1. The SMILES string of the molecule is O=C(N[C@@H]1CCCc2ccccc21)c1cc2ccccc2[nH]1. The van der Waals surface area contributed by atoms with Crippen molar-refractivity contribution in [3.63, 3.8) is 0 Å². The van der Waals surface area contributed by atoms with Gasteiger partial charge in [0.2, 0.25) is 0 Å². The number of fused-ring (bicyclic) bond motifs is 2. The summed E-state index contributed by atoms with van der Waals surface area (Å²) in [4.78, 5) is 15.7. The maximum absolute atomic E-state index is 12.5. The highest BCUT2D eigenvalue weighted by molar-refractivity contribution is 5.98. The number of carbonyl (C=O) groups excluding carboxylic acids is 1. The van der Waals surface area contributed by atoms with Crippen LogP contribution >= 0.6 is 0 Å². The second-order valence-electron chi connectivity index (χ2n) is 5.89. The fraction of sp³-hybridized carbons (Fsp3) is 0.211. The molecule has 22 heavy (non-hydrogen) atoms. The number of aromatic nitrogens is 1. The fourth-order valence-electron chi connectivity index (χ4n) is 3.34. The first kappa shape index (κ1) is 13.1. The molecule has 110 valence electrons. The maximum atomic E-state index is 12.5. The van der Waals surface area contributed by atoms with Crippen LogP contribution in [0.2, 0.25) is 0 Å². The third-order valence-electron chi connectivity index (χ3n) is 4.45. The van der Waals surface area contributed by atoms with Crippen molar-refractivity contribution >= 4 is 16.8 Å². The minimum Gasteiger partial charge on any atom is -0.351 e. The molecule has 4 rings (SSSR count). The minimum atomic E-state index is -0.0297. The highest BCUT2D eigenvalue weighted by Gasteiger charge is 2.22. The summed E-state index contributed by atoms with van der Waals surface area (Å²) < 4.78 is 0. The smallest absolute Gasteiger partial charge is 0.268 e. The summed E-state index contributed by atoms with van der Waals surface area (Å²) in [5.41, 5.74) is 4.25. The van der Waals surface area contributed by atoms with E-state index in [1.165, 1.54) is 11.1 Å². The first-order valence-corrected chi connectivity index (χ1v) is 7.78. The normalized spacial score (nSPS) is 17.2. The molecular weight excluding hydrogens is 272 g/mol. The van der Waals surface area contributed by atoms with Crippen molar-refractivity contribution in [3.05, 3.63) is 71.4 Å². The second kappa shape index (κ2) is 5.34. The molecule has 1 heterocycles. The Balaban J connectivity index is 1.60. The average molecular weight is 290 g/mol. The van der Waals surface area contributed by atoms with Gasteiger partial charge in [0.1, 0.15) is 5.69 Å². The third kappa shape index (κ3) is 2.29. The van der Waals surface area contributed by atoms with E-state index in [0.29, 0.717) is 5.69 Å². The van der Waals surface area contributed by atoms with E-state index in [1.807, 2.05) is 36.4 Å². The zero-order valence-corrected chi connectivity index (χ0v) is 12.3. The van der Waals surface area contributed by atoms with Gasteiger partial charge >= 0.3 is 0 Å². The summed E-state index contributed by atoms with van der Waals surface area (Å²) >= 11 is 0. The number of rotatable bonds is 2. The zero-order chi connectivity index (χ0) is 14.9. The Hall–Kier alpha value is -2.55. The van der Waals surface area contributed by atoms with Crippen LogP contribution in [0.1, 0.15) is 40.5 Å². The van der Waals surface area contributed by atoms with Gasteiger partial charge < -0.3 is 10.3 Å². The molecule has 0 saturated carbocycles. The number of H-pyrrole nitrogens is 1. The average Bonchev–Trinajstić information content (AvgIpc) is 2.99. The number of hydrogen-bond acceptors (Lipinski definition) is 1. The molecule has 1 aromatic heterocycles. The van der Waals surface area contributed by atoms with Crippen molar-refractivity contribution in [2.75, 3.05) is 0 Å². The van der Waals surface area contributed by atoms with E-state index in [4.69, 9.17) is 0 Å². The summed E-state index contributed by atoms with van der Waals surface area (Å²) in [7, 11) is 0. The predicted molar refractivity (Wildman–Crippen MR) is 87.9 cm³/mol. The van der Waals surface area contributed by atoms with E-state index in [0.717, 1.165) is 30.2 Å². The van der Waals surface area contributed by atoms with Gasteiger partial charge in [0.05, 0.1) is 6.04 Å². The van der Waals surface area contributed by atoms with Crippen LogP contribution in [0.4, 0.5) is 0 Å². The Morgan fingerprint density at radius 2 is 1.91 bits per heavy atom. The lowest BCUT2D eigenvalue weighted by atomic mass is 9.88. The molecule has 3 heteroatoms. The van der Waals surface area contributed by atoms with Gasteiger partial charge in [-0.05, 0) is 42.5 Å². The number of aromatic amines is 1. The summed E-state index contributed by atoms with van der Waals surface area (Å²) in [5.74, 6) is -0.0297. The van der Waals surface area contributed by atoms with Gasteiger partial charge in [0.25, 0.3) is 5.91 Å². The lowest BCUT2D eigenvalue weighted by Gasteiger charge is -2.26. The third-order valence-corrected chi connectivity index (χ3v) is 4.45. The Morgan fingerprint density at radius 3 is 2.82 bits per heavy atom. The van der Waals surface area contributed by atoms with Crippen molar-refractivity contribution in [2.45, 2.75) is 25.3 Å². The molecular formula is C19H18N2O. The van der Waals surface area contributed by atoms with Crippen LogP contribution in [0.25, 0.3) is 10.9 Å². The predicted octanol–water partition coefficient (Wildman–Crippen LogP) is 3.98. The van der Waals surface area contributed by atoms with Crippen molar-refractivity contribution < 1.29 is 4.79 Å². The van der Waals surface area contributed by atoms with Gasteiger partial charge in [-0.1, -0.05) is 42.5 Å².